The molecule has 2 amide bonds. The molecule has 44 heavy (non-hydrogen) atoms. The lowest BCUT2D eigenvalue weighted by atomic mass is 10.0. The molecule has 0 aliphatic carbocycles. The summed E-state index contributed by atoms with van der Waals surface area (Å²) in [6, 6.07) is 9.12. The van der Waals surface area contributed by atoms with Crippen molar-refractivity contribution in [2.24, 2.45) is 0 Å². The molecule has 1 fully saturated rings. The van der Waals surface area contributed by atoms with Crippen LogP contribution in [0.25, 0.3) is 0 Å². The van der Waals surface area contributed by atoms with E-state index in [9.17, 15) is 27.2 Å². The van der Waals surface area contributed by atoms with Gasteiger partial charge in [-0.15, -0.1) is 0 Å². The molecule has 14 heteroatoms. The molecule has 1 aromatic heterocycles. The fourth-order valence-corrected chi connectivity index (χ4v) is 4.74. The van der Waals surface area contributed by atoms with Gasteiger partial charge in [-0.05, 0) is 69.2 Å². The SMILES string of the molecule is CCc1cccc(Oc2nc(Nc3ccc(C(=O)NC4CCN(C)CC4)cc3OC)ncc2C(F)(F)F)c1C(=O)NCCF. The Hall–Kier alpha value is -4.46. The Labute approximate surface area is 252 Å². The van der Waals surface area contributed by atoms with E-state index in [2.05, 4.69) is 30.8 Å². The summed E-state index contributed by atoms with van der Waals surface area (Å²) >= 11 is 0. The monoisotopic (exact) mass is 618 g/mol. The number of ether oxygens (including phenoxy) is 2. The van der Waals surface area contributed by atoms with E-state index in [4.69, 9.17) is 9.47 Å². The summed E-state index contributed by atoms with van der Waals surface area (Å²) in [5.74, 6) is -2.03. The van der Waals surface area contributed by atoms with Crippen molar-refractivity contribution in [3.05, 3.63) is 64.8 Å². The zero-order chi connectivity index (χ0) is 31.9. The maximum Gasteiger partial charge on any atom is 0.423 e. The quantitative estimate of drug-likeness (QED) is 0.254. The number of piperidine rings is 1. The number of benzene rings is 2. The number of halogens is 4. The molecule has 3 N–H and O–H groups in total. The fourth-order valence-electron chi connectivity index (χ4n) is 4.74. The standard InChI is InChI=1S/C30H34F4N6O4/c1-4-18-6-5-7-23(25(18)27(42)35-13-12-31)44-28-21(30(32,33)34)17-36-29(39-28)38-22-9-8-19(16-24(22)43-3)26(41)37-20-10-14-40(2)15-11-20/h5-9,16-17,20H,4,10-15H2,1-3H3,(H,35,42)(H,37,41)(H,36,38,39). The molecule has 0 atom stereocenters. The lowest BCUT2D eigenvalue weighted by molar-refractivity contribution is -0.139. The van der Waals surface area contributed by atoms with E-state index < -0.39 is 30.2 Å². The van der Waals surface area contributed by atoms with E-state index in [0.717, 1.165) is 25.9 Å². The first kappa shape index (κ1) is 32.5. The number of nitrogens with zero attached hydrogens (tertiary/aromatic N) is 3. The molecule has 0 saturated carbocycles. The molecular formula is C30H34F4N6O4. The van der Waals surface area contributed by atoms with Crippen LogP contribution in [-0.2, 0) is 12.6 Å². The maximum absolute atomic E-state index is 13.9. The minimum atomic E-state index is -4.88. The second-order valence-corrected chi connectivity index (χ2v) is 10.2. The van der Waals surface area contributed by atoms with Gasteiger partial charge in [-0.2, -0.15) is 18.2 Å². The van der Waals surface area contributed by atoms with E-state index >= 15 is 0 Å². The van der Waals surface area contributed by atoms with Crippen molar-refractivity contribution in [3.63, 3.8) is 0 Å². The highest BCUT2D eigenvalue weighted by Crippen LogP contribution is 2.39. The molecule has 4 rings (SSSR count). The Morgan fingerprint density at radius 3 is 2.50 bits per heavy atom. The van der Waals surface area contributed by atoms with Crippen molar-refractivity contribution >= 4 is 23.5 Å². The highest BCUT2D eigenvalue weighted by molar-refractivity contribution is 5.98. The third kappa shape index (κ3) is 7.92. The summed E-state index contributed by atoms with van der Waals surface area (Å²) < 4.78 is 65.6. The predicted octanol–water partition coefficient (Wildman–Crippen LogP) is 5.13. The molecule has 1 saturated heterocycles. The van der Waals surface area contributed by atoms with Gasteiger partial charge >= 0.3 is 6.18 Å². The van der Waals surface area contributed by atoms with Gasteiger partial charge < -0.3 is 30.3 Å². The third-order valence-corrected chi connectivity index (χ3v) is 7.13. The van der Waals surface area contributed by atoms with Gasteiger partial charge in [-0.25, -0.2) is 9.37 Å². The Kier molecular flexibility index (Phi) is 10.6. The topological polar surface area (TPSA) is 118 Å². The number of rotatable bonds is 11. The molecule has 3 aromatic rings. The number of aryl methyl sites for hydroxylation is 1. The number of anilines is 2. The predicted molar refractivity (Wildman–Crippen MR) is 155 cm³/mol. The molecule has 1 aliphatic heterocycles. The number of amides is 2. The number of alkyl halides is 4. The summed E-state index contributed by atoms with van der Waals surface area (Å²) in [5, 5.41) is 8.22. The van der Waals surface area contributed by atoms with Crippen molar-refractivity contribution in [2.75, 3.05) is 45.8 Å². The van der Waals surface area contributed by atoms with Gasteiger partial charge in [0, 0.05) is 24.3 Å². The maximum atomic E-state index is 13.9. The normalized spacial score (nSPS) is 14.2. The van der Waals surface area contributed by atoms with Crippen molar-refractivity contribution in [1.82, 2.24) is 25.5 Å². The first-order valence-corrected chi connectivity index (χ1v) is 14.1. The Morgan fingerprint density at radius 2 is 1.84 bits per heavy atom. The van der Waals surface area contributed by atoms with Crippen LogP contribution in [0.4, 0.5) is 29.2 Å². The smallest absolute Gasteiger partial charge is 0.423 e. The zero-order valence-corrected chi connectivity index (χ0v) is 24.6. The van der Waals surface area contributed by atoms with Gasteiger partial charge in [0.25, 0.3) is 11.8 Å². The molecule has 0 radical (unpaired) electrons. The van der Waals surface area contributed by atoms with Crippen LogP contribution in [0, 0.1) is 0 Å². The fraction of sp³-hybridized carbons (Fsp3) is 0.400. The van der Waals surface area contributed by atoms with Crippen LogP contribution in [-0.4, -0.2) is 73.2 Å². The van der Waals surface area contributed by atoms with Crippen LogP contribution in [0.3, 0.4) is 0 Å². The summed E-state index contributed by atoms with van der Waals surface area (Å²) in [6.07, 6.45) is -2.28. The molecule has 2 heterocycles. The minimum Gasteiger partial charge on any atom is -0.495 e. The summed E-state index contributed by atoms with van der Waals surface area (Å²) in [7, 11) is 3.42. The Balaban J connectivity index is 1.61. The Bertz CT molecular complexity index is 1480. The number of carbonyl (C=O) groups excluding carboxylic acids is 2. The van der Waals surface area contributed by atoms with Crippen molar-refractivity contribution in [3.8, 4) is 17.4 Å². The largest absolute Gasteiger partial charge is 0.495 e. The van der Waals surface area contributed by atoms with Crippen LogP contribution in [0.1, 0.15) is 51.6 Å². The van der Waals surface area contributed by atoms with Crippen LogP contribution < -0.4 is 25.4 Å². The number of aromatic nitrogens is 2. The number of carbonyl (C=O) groups is 2. The highest BCUT2D eigenvalue weighted by Gasteiger charge is 2.37. The first-order valence-electron chi connectivity index (χ1n) is 14.1. The second-order valence-electron chi connectivity index (χ2n) is 10.2. The summed E-state index contributed by atoms with van der Waals surface area (Å²) in [5.41, 5.74) is -0.177. The molecule has 236 valence electrons. The number of likely N-dealkylation sites (tertiary alicyclic amines) is 1. The van der Waals surface area contributed by atoms with Crippen LogP contribution in [0.2, 0.25) is 0 Å². The number of hydrogen-bond donors (Lipinski definition) is 3. The van der Waals surface area contributed by atoms with Crippen LogP contribution in [0.5, 0.6) is 17.4 Å². The lowest BCUT2D eigenvalue weighted by Gasteiger charge is -2.29. The van der Waals surface area contributed by atoms with Gasteiger partial charge in [0.05, 0.1) is 18.4 Å². The molecule has 10 nitrogen and oxygen atoms in total. The van der Waals surface area contributed by atoms with E-state index in [1.54, 1.807) is 19.1 Å². The van der Waals surface area contributed by atoms with E-state index in [-0.39, 0.29) is 47.2 Å². The number of nitrogens with one attached hydrogen (secondary N) is 3. The van der Waals surface area contributed by atoms with Gasteiger partial charge in [0.2, 0.25) is 11.8 Å². The lowest BCUT2D eigenvalue weighted by Crippen LogP contribution is -2.43. The molecule has 0 spiro atoms. The molecule has 2 aromatic carbocycles. The van der Waals surface area contributed by atoms with E-state index in [1.165, 1.54) is 31.4 Å². The summed E-state index contributed by atoms with van der Waals surface area (Å²) in [4.78, 5) is 35.6. The number of methoxy groups -OCH3 is 1. The zero-order valence-electron chi connectivity index (χ0n) is 24.6. The molecule has 1 aliphatic rings. The van der Waals surface area contributed by atoms with Crippen LogP contribution >= 0.6 is 0 Å². The van der Waals surface area contributed by atoms with Gasteiger partial charge in [0.15, 0.2) is 0 Å². The summed E-state index contributed by atoms with van der Waals surface area (Å²) in [6.45, 7) is 2.44. The first-order chi connectivity index (χ1) is 21.0. The average Bonchev–Trinajstić information content (AvgIpc) is 3.00. The Morgan fingerprint density at radius 1 is 1.09 bits per heavy atom. The van der Waals surface area contributed by atoms with E-state index in [0.29, 0.717) is 23.7 Å². The molecule has 0 bridgehead atoms. The van der Waals surface area contributed by atoms with Crippen molar-refractivity contribution in [2.45, 2.75) is 38.4 Å². The minimum absolute atomic E-state index is 0.0273. The van der Waals surface area contributed by atoms with E-state index in [1.807, 2.05) is 7.05 Å². The number of hydrogen-bond acceptors (Lipinski definition) is 8. The molecule has 0 unspecified atom stereocenters. The van der Waals surface area contributed by atoms with Crippen molar-refractivity contribution in [1.29, 1.82) is 0 Å². The van der Waals surface area contributed by atoms with Crippen LogP contribution in [0.15, 0.2) is 42.6 Å². The van der Waals surface area contributed by atoms with Gasteiger partial charge in [0.1, 0.15) is 23.7 Å². The third-order valence-electron chi connectivity index (χ3n) is 7.13. The highest BCUT2D eigenvalue weighted by atomic mass is 19.4. The second kappa shape index (κ2) is 14.3. The molecular weight excluding hydrogens is 584 g/mol. The van der Waals surface area contributed by atoms with Gasteiger partial charge in [-0.1, -0.05) is 19.1 Å². The van der Waals surface area contributed by atoms with Gasteiger partial charge in [-0.3, -0.25) is 9.59 Å². The van der Waals surface area contributed by atoms with Crippen molar-refractivity contribution < 1.29 is 36.6 Å². The average molecular weight is 619 g/mol.